The molecule has 144 valence electrons. The highest BCUT2D eigenvalue weighted by atomic mass is 127. The van der Waals surface area contributed by atoms with Gasteiger partial charge in [0.1, 0.15) is 0 Å². The molecular formula is C18H35IN6. The molecule has 2 rings (SSSR count). The molecule has 7 heteroatoms. The third-order valence-electron chi connectivity index (χ3n) is 4.78. The van der Waals surface area contributed by atoms with Crippen molar-refractivity contribution in [1.82, 2.24) is 25.3 Å². The molecule has 0 bridgehead atoms. The number of rotatable bonds is 6. The van der Waals surface area contributed by atoms with Gasteiger partial charge in [-0.3, -0.25) is 9.67 Å². The molecule has 1 aromatic heterocycles. The Morgan fingerprint density at radius 2 is 2.20 bits per heavy atom. The summed E-state index contributed by atoms with van der Waals surface area (Å²) in [5.41, 5.74) is 1.20. The molecular weight excluding hydrogens is 427 g/mol. The van der Waals surface area contributed by atoms with Crippen LogP contribution < -0.4 is 10.6 Å². The van der Waals surface area contributed by atoms with Gasteiger partial charge < -0.3 is 15.5 Å². The molecule has 25 heavy (non-hydrogen) atoms. The zero-order valence-corrected chi connectivity index (χ0v) is 18.7. The number of nitrogens with one attached hydrogen (secondary N) is 2. The van der Waals surface area contributed by atoms with E-state index in [4.69, 9.17) is 4.99 Å². The van der Waals surface area contributed by atoms with E-state index in [1.807, 2.05) is 17.9 Å². The second kappa shape index (κ2) is 11.0. The second-order valence-corrected chi connectivity index (χ2v) is 7.26. The minimum absolute atomic E-state index is 0. The van der Waals surface area contributed by atoms with Crippen LogP contribution in [0.4, 0.5) is 0 Å². The van der Waals surface area contributed by atoms with Gasteiger partial charge in [-0.15, -0.1) is 24.0 Å². The van der Waals surface area contributed by atoms with E-state index in [1.165, 1.54) is 31.2 Å². The first-order chi connectivity index (χ1) is 11.5. The van der Waals surface area contributed by atoms with Crippen molar-refractivity contribution in [2.45, 2.75) is 51.6 Å². The predicted octanol–water partition coefficient (Wildman–Crippen LogP) is 2.77. The lowest BCUT2D eigenvalue weighted by atomic mass is 9.87. The van der Waals surface area contributed by atoms with Gasteiger partial charge in [0, 0.05) is 31.4 Å². The molecule has 1 aliphatic carbocycles. The molecule has 3 unspecified atom stereocenters. The Kier molecular flexibility index (Phi) is 9.78. The van der Waals surface area contributed by atoms with Gasteiger partial charge in [0.15, 0.2) is 5.96 Å². The Balaban J connectivity index is 0.00000312. The molecule has 6 nitrogen and oxygen atoms in total. The molecule has 1 saturated carbocycles. The number of nitrogens with zero attached hydrogens (tertiary/aromatic N) is 4. The van der Waals surface area contributed by atoms with Crippen molar-refractivity contribution in [2.75, 3.05) is 27.2 Å². The Hall–Kier alpha value is -0.830. The summed E-state index contributed by atoms with van der Waals surface area (Å²) in [7, 11) is 6.14. The van der Waals surface area contributed by atoms with Crippen molar-refractivity contribution >= 4 is 29.9 Å². The average Bonchev–Trinajstić information content (AvgIpc) is 2.93. The number of guanidine groups is 1. The third kappa shape index (κ3) is 7.13. The van der Waals surface area contributed by atoms with Crippen molar-refractivity contribution in [2.24, 2.45) is 18.0 Å². The molecule has 0 aliphatic heterocycles. The fraction of sp³-hybridized carbons (Fsp3) is 0.778. The number of aromatic nitrogens is 2. The van der Waals surface area contributed by atoms with Gasteiger partial charge in [0.25, 0.3) is 0 Å². The normalized spacial score (nSPS) is 22.4. The minimum atomic E-state index is 0. The van der Waals surface area contributed by atoms with Crippen LogP contribution in [0.15, 0.2) is 17.4 Å². The molecule has 3 atom stereocenters. The average molecular weight is 462 g/mol. The summed E-state index contributed by atoms with van der Waals surface area (Å²) >= 11 is 0. The highest BCUT2D eigenvalue weighted by Crippen LogP contribution is 2.23. The smallest absolute Gasteiger partial charge is 0.191 e. The van der Waals surface area contributed by atoms with E-state index in [1.54, 1.807) is 0 Å². The fourth-order valence-corrected chi connectivity index (χ4v) is 3.44. The predicted molar refractivity (Wildman–Crippen MR) is 116 cm³/mol. The van der Waals surface area contributed by atoms with Crippen LogP contribution in [0, 0.1) is 5.92 Å². The van der Waals surface area contributed by atoms with Gasteiger partial charge in [-0.1, -0.05) is 19.8 Å². The molecule has 2 N–H and O–H groups in total. The molecule has 0 amide bonds. The van der Waals surface area contributed by atoms with E-state index >= 15 is 0 Å². The minimum Gasteiger partial charge on any atom is -0.357 e. The molecule has 0 aromatic carbocycles. The zero-order valence-electron chi connectivity index (χ0n) is 16.3. The van der Waals surface area contributed by atoms with Crippen LogP contribution in [0.5, 0.6) is 0 Å². The fourth-order valence-electron chi connectivity index (χ4n) is 3.44. The van der Waals surface area contributed by atoms with E-state index in [9.17, 15) is 0 Å². The molecule has 1 heterocycles. The monoisotopic (exact) mass is 462 g/mol. The lowest BCUT2D eigenvalue weighted by Crippen LogP contribution is -2.45. The summed E-state index contributed by atoms with van der Waals surface area (Å²) in [5, 5.41) is 11.3. The summed E-state index contributed by atoms with van der Waals surface area (Å²) in [6, 6.07) is 0.780. The summed E-state index contributed by atoms with van der Waals surface area (Å²) in [5.74, 6) is 1.75. The molecule has 0 saturated heterocycles. The van der Waals surface area contributed by atoms with Crippen LogP contribution in [0.1, 0.15) is 51.1 Å². The highest BCUT2D eigenvalue weighted by Gasteiger charge is 2.20. The summed E-state index contributed by atoms with van der Waals surface area (Å²) in [6.07, 6.45) is 9.16. The number of likely N-dealkylation sites (N-methyl/N-ethyl adjacent to an activating group) is 1. The summed E-state index contributed by atoms with van der Waals surface area (Å²) in [6.45, 7) is 6.07. The first-order valence-corrected chi connectivity index (χ1v) is 9.19. The summed E-state index contributed by atoms with van der Waals surface area (Å²) in [4.78, 5) is 7.06. The van der Waals surface area contributed by atoms with E-state index < -0.39 is 0 Å². The first-order valence-electron chi connectivity index (χ1n) is 9.19. The van der Waals surface area contributed by atoms with Crippen LogP contribution >= 0.6 is 24.0 Å². The number of aliphatic imine (C=N–C) groups is 1. The van der Waals surface area contributed by atoms with Gasteiger partial charge in [0.2, 0.25) is 0 Å². The van der Waals surface area contributed by atoms with E-state index in [0.29, 0.717) is 6.04 Å². The SMILES string of the molecule is CCNC(=NCC(c1cnn(C)c1)N(C)C)NC1CCCC(C)C1.I. The van der Waals surface area contributed by atoms with Gasteiger partial charge in [0.05, 0.1) is 18.8 Å². The van der Waals surface area contributed by atoms with Crippen molar-refractivity contribution < 1.29 is 0 Å². The highest BCUT2D eigenvalue weighted by molar-refractivity contribution is 14.0. The van der Waals surface area contributed by atoms with Crippen LogP contribution in [-0.2, 0) is 7.05 Å². The van der Waals surface area contributed by atoms with Crippen molar-refractivity contribution in [3.8, 4) is 0 Å². The Morgan fingerprint density at radius 1 is 1.44 bits per heavy atom. The zero-order chi connectivity index (χ0) is 17.5. The van der Waals surface area contributed by atoms with Gasteiger partial charge >= 0.3 is 0 Å². The van der Waals surface area contributed by atoms with Crippen LogP contribution in [0.3, 0.4) is 0 Å². The van der Waals surface area contributed by atoms with Gasteiger partial charge in [-0.05, 0) is 39.8 Å². The third-order valence-corrected chi connectivity index (χ3v) is 4.78. The maximum Gasteiger partial charge on any atom is 0.191 e. The second-order valence-electron chi connectivity index (χ2n) is 7.26. The molecule has 1 aliphatic rings. The van der Waals surface area contributed by atoms with Crippen LogP contribution in [0.25, 0.3) is 0 Å². The topological polar surface area (TPSA) is 57.5 Å². The van der Waals surface area contributed by atoms with Gasteiger partial charge in [-0.25, -0.2) is 0 Å². The number of hydrogen-bond acceptors (Lipinski definition) is 3. The lowest BCUT2D eigenvalue weighted by molar-refractivity contribution is 0.304. The van der Waals surface area contributed by atoms with Gasteiger partial charge in [-0.2, -0.15) is 5.10 Å². The quantitative estimate of drug-likeness (QED) is 0.388. The van der Waals surface area contributed by atoms with E-state index in [-0.39, 0.29) is 30.0 Å². The molecule has 0 spiro atoms. The first kappa shape index (κ1) is 22.2. The number of aryl methyl sites for hydroxylation is 1. The van der Waals surface area contributed by atoms with Crippen molar-refractivity contribution in [3.05, 3.63) is 18.0 Å². The van der Waals surface area contributed by atoms with E-state index in [2.05, 4.69) is 54.8 Å². The Bertz CT molecular complexity index is 527. The van der Waals surface area contributed by atoms with Crippen molar-refractivity contribution in [1.29, 1.82) is 0 Å². The number of hydrogen-bond donors (Lipinski definition) is 2. The lowest BCUT2D eigenvalue weighted by Gasteiger charge is -2.29. The van der Waals surface area contributed by atoms with Crippen molar-refractivity contribution in [3.63, 3.8) is 0 Å². The maximum absolute atomic E-state index is 4.86. The Labute approximate surface area is 169 Å². The van der Waals surface area contributed by atoms with Crippen LogP contribution in [0.2, 0.25) is 0 Å². The van der Waals surface area contributed by atoms with E-state index in [0.717, 1.165) is 25.0 Å². The Morgan fingerprint density at radius 3 is 2.76 bits per heavy atom. The standard InChI is InChI=1S/C18H34N6.HI/c1-6-19-18(22-16-9-7-8-14(2)10-16)20-12-17(23(3)4)15-11-21-24(5)13-15;/h11,13-14,16-17H,6-10,12H2,1-5H3,(H2,19,20,22);1H. The molecule has 1 fully saturated rings. The summed E-state index contributed by atoms with van der Waals surface area (Å²) < 4.78 is 1.85. The molecule has 1 aromatic rings. The largest absolute Gasteiger partial charge is 0.357 e. The maximum atomic E-state index is 4.86. The molecule has 0 radical (unpaired) electrons. The number of halogens is 1. The van der Waals surface area contributed by atoms with Crippen LogP contribution in [-0.4, -0.2) is 53.9 Å².